The summed E-state index contributed by atoms with van der Waals surface area (Å²) in [6.07, 6.45) is 0.940. The lowest BCUT2D eigenvalue weighted by molar-refractivity contribution is -0.0417. The standard InChI is InChI=1S/C17H23NO5/c1-20-14-4-12(5-15-16(14)23-11-22-15)6-18-7-13-8-21-3-2-17(13,9-18)10-19/h4-5,13,19H,2-3,6-11H2,1H3/t13-,17-/m1/s1. The summed E-state index contributed by atoms with van der Waals surface area (Å²) in [7, 11) is 1.64. The number of ether oxygens (including phenoxy) is 4. The van der Waals surface area contributed by atoms with Crippen molar-refractivity contribution >= 4 is 0 Å². The monoisotopic (exact) mass is 321 g/mol. The minimum absolute atomic E-state index is 0.00131. The first-order valence-electron chi connectivity index (χ1n) is 8.11. The highest BCUT2D eigenvalue weighted by Gasteiger charge is 2.47. The molecule has 6 nitrogen and oxygen atoms in total. The van der Waals surface area contributed by atoms with E-state index in [1.54, 1.807) is 7.11 Å². The lowest BCUT2D eigenvalue weighted by Crippen LogP contribution is -2.41. The van der Waals surface area contributed by atoms with Crippen molar-refractivity contribution in [1.29, 1.82) is 0 Å². The fourth-order valence-corrected chi connectivity index (χ4v) is 4.07. The quantitative estimate of drug-likeness (QED) is 0.901. The topological polar surface area (TPSA) is 60.4 Å². The Morgan fingerprint density at radius 3 is 3.09 bits per heavy atom. The molecular formula is C17H23NO5. The second-order valence-corrected chi connectivity index (χ2v) is 6.74. The summed E-state index contributed by atoms with van der Waals surface area (Å²) in [4.78, 5) is 2.40. The van der Waals surface area contributed by atoms with Crippen LogP contribution in [-0.4, -0.2) is 56.8 Å². The molecule has 0 aliphatic carbocycles. The number of hydrogen-bond donors (Lipinski definition) is 1. The van der Waals surface area contributed by atoms with E-state index < -0.39 is 0 Å². The number of rotatable bonds is 4. The van der Waals surface area contributed by atoms with Crippen LogP contribution in [0.4, 0.5) is 0 Å². The Hall–Kier alpha value is -1.50. The van der Waals surface area contributed by atoms with Crippen LogP contribution in [0.2, 0.25) is 0 Å². The summed E-state index contributed by atoms with van der Waals surface area (Å²) in [5.41, 5.74) is 1.14. The Balaban J connectivity index is 1.53. The van der Waals surface area contributed by atoms with Crippen LogP contribution in [0.25, 0.3) is 0 Å². The van der Waals surface area contributed by atoms with Gasteiger partial charge in [0, 0.05) is 37.6 Å². The van der Waals surface area contributed by atoms with Crippen molar-refractivity contribution in [3.05, 3.63) is 17.7 Å². The minimum atomic E-state index is -0.00131. The molecule has 23 heavy (non-hydrogen) atoms. The Morgan fingerprint density at radius 1 is 1.39 bits per heavy atom. The lowest BCUT2D eigenvalue weighted by atomic mass is 9.75. The van der Waals surface area contributed by atoms with Crippen LogP contribution < -0.4 is 14.2 Å². The fourth-order valence-electron chi connectivity index (χ4n) is 4.07. The van der Waals surface area contributed by atoms with Gasteiger partial charge in [0.1, 0.15) is 0 Å². The van der Waals surface area contributed by atoms with E-state index in [9.17, 15) is 5.11 Å². The molecule has 2 fully saturated rings. The fraction of sp³-hybridized carbons (Fsp3) is 0.647. The zero-order valence-corrected chi connectivity index (χ0v) is 13.4. The molecule has 0 aromatic heterocycles. The van der Waals surface area contributed by atoms with Crippen molar-refractivity contribution in [1.82, 2.24) is 4.90 Å². The number of benzene rings is 1. The van der Waals surface area contributed by atoms with Crippen molar-refractivity contribution in [2.45, 2.75) is 13.0 Å². The highest BCUT2D eigenvalue weighted by molar-refractivity contribution is 5.55. The molecule has 1 aromatic rings. The van der Waals surface area contributed by atoms with Gasteiger partial charge in [-0.25, -0.2) is 0 Å². The lowest BCUT2D eigenvalue weighted by Gasteiger charge is -2.36. The normalized spacial score (nSPS) is 29.6. The van der Waals surface area contributed by atoms with Crippen molar-refractivity contribution in [3.63, 3.8) is 0 Å². The van der Waals surface area contributed by atoms with Crippen LogP contribution in [-0.2, 0) is 11.3 Å². The molecule has 1 N–H and O–H groups in total. The number of nitrogens with zero attached hydrogens (tertiary/aromatic N) is 1. The molecule has 4 rings (SSSR count). The number of aliphatic hydroxyl groups excluding tert-OH is 1. The van der Waals surface area contributed by atoms with Gasteiger partial charge in [-0.2, -0.15) is 0 Å². The van der Waals surface area contributed by atoms with Gasteiger partial charge in [0.05, 0.1) is 20.3 Å². The van der Waals surface area contributed by atoms with Crippen LogP contribution in [0.5, 0.6) is 17.2 Å². The number of aliphatic hydroxyl groups is 1. The predicted molar refractivity (Wildman–Crippen MR) is 82.8 cm³/mol. The van der Waals surface area contributed by atoms with Crippen LogP contribution in [0.3, 0.4) is 0 Å². The van der Waals surface area contributed by atoms with E-state index >= 15 is 0 Å². The summed E-state index contributed by atoms with van der Waals surface area (Å²) in [6.45, 7) is 4.66. The Bertz CT molecular complexity index is 593. The van der Waals surface area contributed by atoms with E-state index in [1.165, 1.54) is 0 Å². The zero-order valence-electron chi connectivity index (χ0n) is 13.4. The van der Waals surface area contributed by atoms with Gasteiger partial charge < -0.3 is 24.1 Å². The maximum atomic E-state index is 9.91. The van der Waals surface area contributed by atoms with Crippen LogP contribution in [0.15, 0.2) is 12.1 Å². The highest BCUT2D eigenvalue weighted by atomic mass is 16.7. The van der Waals surface area contributed by atoms with E-state index in [-0.39, 0.29) is 18.8 Å². The second-order valence-electron chi connectivity index (χ2n) is 6.74. The maximum absolute atomic E-state index is 9.91. The number of likely N-dealkylation sites (tertiary alicyclic amines) is 1. The SMILES string of the molecule is COc1cc(CN2C[C@@H]3COCC[C@]3(CO)C2)cc2c1OCO2. The van der Waals surface area contributed by atoms with Gasteiger partial charge in [0.2, 0.25) is 12.5 Å². The molecule has 2 atom stereocenters. The third-order valence-electron chi connectivity index (χ3n) is 5.39. The molecule has 126 valence electrons. The Morgan fingerprint density at radius 2 is 2.30 bits per heavy atom. The number of fused-ring (bicyclic) bond motifs is 2. The smallest absolute Gasteiger partial charge is 0.231 e. The third-order valence-corrected chi connectivity index (χ3v) is 5.39. The largest absolute Gasteiger partial charge is 0.493 e. The van der Waals surface area contributed by atoms with Crippen LogP contribution in [0.1, 0.15) is 12.0 Å². The van der Waals surface area contributed by atoms with E-state index in [0.29, 0.717) is 17.4 Å². The second kappa shape index (κ2) is 5.85. The summed E-state index contributed by atoms with van der Waals surface area (Å²) in [5, 5.41) is 9.91. The molecule has 2 saturated heterocycles. The Labute approximate surface area is 135 Å². The van der Waals surface area contributed by atoms with Crippen LogP contribution in [0, 0.1) is 11.3 Å². The first kappa shape index (κ1) is 15.1. The molecule has 0 unspecified atom stereocenters. The first-order valence-corrected chi connectivity index (χ1v) is 8.11. The molecule has 1 aromatic carbocycles. The first-order chi connectivity index (χ1) is 11.2. The average Bonchev–Trinajstić information content (AvgIpc) is 3.18. The number of hydrogen-bond acceptors (Lipinski definition) is 6. The number of methoxy groups -OCH3 is 1. The van der Waals surface area contributed by atoms with E-state index in [0.717, 1.165) is 50.6 Å². The molecule has 0 spiro atoms. The molecule has 0 amide bonds. The predicted octanol–water partition coefficient (Wildman–Crippen LogP) is 1.25. The molecule has 0 radical (unpaired) electrons. The molecule has 6 heteroatoms. The zero-order chi connectivity index (χ0) is 15.9. The van der Waals surface area contributed by atoms with E-state index in [4.69, 9.17) is 18.9 Å². The summed E-state index contributed by atoms with van der Waals surface area (Å²) in [6, 6.07) is 4.03. The molecule has 3 aliphatic rings. The summed E-state index contributed by atoms with van der Waals surface area (Å²) >= 11 is 0. The van der Waals surface area contributed by atoms with Crippen molar-refractivity contribution < 1.29 is 24.1 Å². The molecule has 0 saturated carbocycles. The van der Waals surface area contributed by atoms with Gasteiger partial charge in [-0.3, -0.25) is 4.90 Å². The highest BCUT2D eigenvalue weighted by Crippen LogP contribution is 2.44. The molecule has 3 aliphatic heterocycles. The third kappa shape index (κ3) is 2.55. The molecule has 0 bridgehead atoms. The van der Waals surface area contributed by atoms with Gasteiger partial charge in [-0.15, -0.1) is 0 Å². The van der Waals surface area contributed by atoms with Gasteiger partial charge in [0.15, 0.2) is 11.5 Å². The van der Waals surface area contributed by atoms with Gasteiger partial charge in [-0.1, -0.05) is 0 Å². The average molecular weight is 321 g/mol. The summed E-state index contributed by atoms with van der Waals surface area (Å²) in [5.74, 6) is 2.56. The van der Waals surface area contributed by atoms with E-state index in [2.05, 4.69) is 4.90 Å². The Kier molecular flexibility index (Phi) is 3.83. The van der Waals surface area contributed by atoms with Crippen molar-refractivity contribution in [2.75, 3.05) is 46.8 Å². The van der Waals surface area contributed by atoms with E-state index in [1.807, 2.05) is 12.1 Å². The van der Waals surface area contributed by atoms with Crippen molar-refractivity contribution in [3.8, 4) is 17.2 Å². The van der Waals surface area contributed by atoms with Gasteiger partial charge >= 0.3 is 0 Å². The van der Waals surface area contributed by atoms with Crippen LogP contribution >= 0.6 is 0 Å². The maximum Gasteiger partial charge on any atom is 0.231 e. The van der Waals surface area contributed by atoms with Gasteiger partial charge in [-0.05, 0) is 24.1 Å². The molecular weight excluding hydrogens is 298 g/mol. The van der Waals surface area contributed by atoms with Crippen molar-refractivity contribution in [2.24, 2.45) is 11.3 Å². The van der Waals surface area contributed by atoms with Gasteiger partial charge in [0.25, 0.3) is 0 Å². The summed E-state index contributed by atoms with van der Waals surface area (Å²) < 4.78 is 22.0. The molecule has 3 heterocycles. The minimum Gasteiger partial charge on any atom is -0.493 e.